The minimum atomic E-state index is -0.155. The number of carbonyl (C=O) groups excluding carboxylic acids is 1. The Kier molecular flexibility index (Phi) is 6.20. The number of hydrogen-bond donors (Lipinski definition) is 0. The van der Waals surface area contributed by atoms with Crippen LogP contribution in [0, 0.1) is 6.92 Å². The molecule has 4 nitrogen and oxygen atoms in total. The molecule has 0 spiro atoms. The molecule has 4 rings (SSSR count). The molecule has 0 bridgehead atoms. The van der Waals surface area contributed by atoms with E-state index in [4.69, 9.17) is 16.3 Å². The van der Waals surface area contributed by atoms with E-state index in [-0.39, 0.29) is 5.78 Å². The van der Waals surface area contributed by atoms with Crippen LogP contribution in [0.15, 0.2) is 85.2 Å². The van der Waals surface area contributed by atoms with Crippen molar-refractivity contribution in [1.82, 2.24) is 9.97 Å². The lowest BCUT2D eigenvalue weighted by Crippen LogP contribution is -1.94. The maximum Gasteiger partial charge on any atom is 0.230 e. The van der Waals surface area contributed by atoms with Gasteiger partial charge in [-0.15, -0.1) is 0 Å². The van der Waals surface area contributed by atoms with Gasteiger partial charge < -0.3 is 4.74 Å². The standard InChI is InChI=1S/C26H19ClN2O2/c1-18-7-6-10-22-25(18)28-17-29-26(22)31-24-12-5-3-9-20(24)14-16-21(30)15-13-19-8-2-4-11-23(19)27/h2-17H,1H3/b15-13+,16-14+. The van der Waals surface area contributed by atoms with E-state index in [1.165, 1.54) is 18.5 Å². The van der Waals surface area contributed by atoms with Gasteiger partial charge in [0.25, 0.3) is 0 Å². The summed E-state index contributed by atoms with van der Waals surface area (Å²) in [6.07, 6.45) is 7.90. The van der Waals surface area contributed by atoms with Crippen molar-refractivity contribution in [3.8, 4) is 11.6 Å². The van der Waals surface area contributed by atoms with Crippen LogP contribution in [0.1, 0.15) is 16.7 Å². The molecule has 0 aliphatic heterocycles. The number of rotatable bonds is 6. The molecule has 3 aromatic carbocycles. The molecular formula is C26H19ClN2O2. The minimum absolute atomic E-state index is 0.155. The smallest absolute Gasteiger partial charge is 0.230 e. The number of aryl methyl sites for hydroxylation is 1. The van der Waals surface area contributed by atoms with Gasteiger partial charge in [0.15, 0.2) is 5.78 Å². The summed E-state index contributed by atoms with van der Waals surface area (Å²) in [4.78, 5) is 21.0. The van der Waals surface area contributed by atoms with E-state index in [1.54, 1.807) is 18.2 Å². The molecule has 0 saturated carbocycles. The number of para-hydroxylation sites is 2. The van der Waals surface area contributed by atoms with Gasteiger partial charge in [-0.3, -0.25) is 4.79 Å². The van der Waals surface area contributed by atoms with Gasteiger partial charge in [-0.05, 0) is 60.6 Å². The predicted octanol–water partition coefficient (Wildman–Crippen LogP) is 6.68. The van der Waals surface area contributed by atoms with Crippen molar-refractivity contribution < 1.29 is 9.53 Å². The quantitative estimate of drug-likeness (QED) is 0.323. The third-order valence-corrected chi connectivity index (χ3v) is 5.06. The second-order valence-corrected chi connectivity index (χ2v) is 7.29. The van der Waals surface area contributed by atoms with Crippen molar-refractivity contribution >= 4 is 40.4 Å². The summed E-state index contributed by atoms with van der Waals surface area (Å²) >= 11 is 6.12. The van der Waals surface area contributed by atoms with Crippen LogP contribution in [0.2, 0.25) is 5.02 Å². The fourth-order valence-corrected chi connectivity index (χ4v) is 3.32. The zero-order chi connectivity index (χ0) is 21.6. The van der Waals surface area contributed by atoms with E-state index in [9.17, 15) is 4.79 Å². The van der Waals surface area contributed by atoms with E-state index in [0.717, 1.165) is 27.6 Å². The zero-order valence-electron chi connectivity index (χ0n) is 16.8. The molecule has 31 heavy (non-hydrogen) atoms. The SMILES string of the molecule is Cc1cccc2c(Oc3ccccc3/C=C/C(=O)/C=C/c3ccccc3Cl)ncnc12. The van der Waals surface area contributed by atoms with Crippen molar-refractivity contribution in [2.75, 3.05) is 0 Å². The third kappa shape index (κ3) is 4.87. The Bertz CT molecular complexity index is 1310. The second kappa shape index (κ2) is 9.37. The van der Waals surface area contributed by atoms with Gasteiger partial charge in [0.05, 0.1) is 10.9 Å². The lowest BCUT2D eigenvalue weighted by molar-refractivity contribution is -0.110. The van der Waals surface area contributed by atoms with Gasteiger partial charge in [-0.1, -0.05) is 60.1 Å². The fourth-order valence-electron chi connectivity index (χ4n) is 3.12. The average molecular weight is 427 g/mol. The first-order chi connectivity index (χ1) is 15.1. The number of halogens is 1. The Labute approximate surface area is 185 Å². The van der Waals surface area contributed by atoms with Crippen LogP contribution in [0.4, 0.5) is 0 Å². The van der Waals surface area contributed by atoms with Crippen LogP contribution in [-0.4, -0.2) is 15.8 Å². The summed E-state index contributed by atoms with van der Waals surface area (Å²) in [6, 6.07) is 20.7. The first-order valence-electron chi connectivity index (χ1n) is 9.74. The normalized spacial score (nSPS) is 11.4. The van der Waals surface area contributed by atoms with Crippen molar-refractivity contribution in [3.05, 3.63) is 107 Å². The van der Waals surface area contributed by atoms with Gasteiger partial charge in [-0.2, -0.15) is 0 Å². The first kappa shape index (κ1) is 20.5. The molecule has 1 heterocycles. The highest BCUT2D eigenvalue weighted by Crippen LogP contribution is 2.30. The lowest BCUT2D eigenvalue weighted by Gasteiger charge is -2.10. The van der Waals surface area contributed by atoms with Gasteiger partial charge >= 0.3 is 0 Å². The molecular weight excluding hydrogens is 408 g/mol. The van der Waals surface area contributed by atoms with Crippen LogP contribution < -0.4 is 4.74 Å². The number of fused-ring (bicyclic) bond motifs is 1. The fraction of sp³-hybridized carbons (Fsp3) is 0.0385. The summed E-state index contributed by atoms with van der Waals surface area (Å²) in [7, 11) is 0. The van der Waals surface area contributed by atoms with E-state index < -0.39 is 0 Å². The molecule has 152 valence electrons. The molecule has 5 heteroatoms. The molecule has 0 aliphatic carbocycles. The van der Waals surface area contributed by atoms with Crippen molar-refractivity contribution in [1.29, 1.82) is 0 Å². The summed E-state index contributed by atoms with van der Waals surface area (Å²) < 4.78 is 6.11. The van der Waals surface area contributed by atoms with Crippen molar-refractivity contribution in [3.63, 3.8) is 0 Å². The third-order valence-electron chi connectivity index (χ3n) is 4.72. The lowest BCUT2D eigenvalue weighted by atomic mass is 10.1. The number of allylic oxidation sites excluding steroid dienone is 2. The molecule has 4 aromatic rings. The summed E-state index contributed by atoms with van der Waals surface area (Å²) in [5.74, 6) is 0.917. The molecule has 0 amide bonds. The van der Waals surface area contributed by atoms with E-state index in [1.807, 2.05) is 67.6 Å². The first-order valence-corrected chi connectivity index (χ1v) is 10.1. The highest BCUT2D eigenvalue weighted by molar-refractivity contribution is 6.32. The Morgan fingerprint density at radius 1 is 0.871 bits per heavy atom. The largest absolute Gasteiger partial charge is 0.438 e. The molecule has 0 aliphatic rings. The van der Waals surface area contributed by atoms with Crippen molar-refractivity contribution in [2.24, 2.45) is 0 Å². The number of nitrogens with zero attached hydrogens (tertiary/aromatic N) is 2. The highest BCUT2D eigenvalue weighted by atomic mass is 35.5. The van der Waals surface area contributed by atoms with Crippen LogP contribution in [0.5, 0.6) is 11.6 Å². The van der Waals surface area contributed by atoms with E-state index in [2.05, 4.69) is 9.97 Å². The Hall–Kier alpha value is -3.76. The second-order valence-electron chi connectivity index (χ2n) is 6.88. The van der Waals surface area contributed by atoms with Crippen LogP contribution >= 0.6 is 11.6 Å². The Balaban J connectivity index is 1.56. The number of carbonyl (C=O) groups is 1. The zero-order valence-corrected chi connectivity index (χ0v) is 17.6. The molecule has 0 atom stereocenters. The average Bonchev–Trinajstić information content (AvgIpc) is 2.79. The number of benzene rings is 3. The van der Waals surface area contributed by atoms with E-state index >= 15 is 0 Å². The molecule has 0 radical (unpaired) electrons. The van der Waals surface area contributed by atoms with Crippen LogP contribution in [0.3, 0.4) is 0 Å². The molecule has 0 saturated heterocycles. The highest BCUT2D eigenvalue weighted by Gasteiger charge is 2.09. The number of ether oxygens (including phenoxy) is 1. The maximum atomic E-state index is 12.3. The summed E-state index contributed by atoms with van der Waals surface area (Å²) in [5.41, 5.74) is 3.45. The molecule has 0 fully saturated rings. The van der Waals surface area contributed by atoms with Gasteiger partial charge in [0, 0.05) is 10.6 Å². The monoisotopic (exact) mass is 426 g/mol. The van der Waals surface area contributed by atoms with Gasteiger partial charge in [0.1, 0.15) is 12.1 Å². The summed E-state index contributed by atoms with van der Waals surface area (Å²) in [6.45, 7) is 2.00. The van der Waals surface area contributed by atoms with Gasteiger partial charge in [0.2, 0.25) is 5.88 Å². The molecule has 1 aromatic heterocycles. The van der Waals surface area contributed by atoms with Crippen LogP contribution in [0.25, 0.3) is 23.1 Å². The summed E-state index contributed by atoms with van der Waals surface area (Å²) in [5, 5.41) is 1.43. The van der Waals surface area contributed by atoms with Crippen LogP contribution in [-0.2, 0) is 4.79 Å². The predicted molar refractivity (Wildman–Crippen MR) is 125 cm³/mol. The number of hydrogen-bond acceptors (Lipinski definition) is 4. The number of aromatic nitrogens is 2. The van der Waals surface area contributed by atoms with E-state index in [0.29, 0.717) is 16.7 Å². The Morgan fingerprint density at radius 3 is 2.39 bits per heavy atom. The van der Waals surface area contributed by atoms with Crippen molar-refractivity contribution in [2.45, 2.75) is 6.92 Å². The molecule has 0 N–H and O–H groups in total. The topological polar surface area (TPSA) is 52.1 Å². The molecule has 0 unspecified atom stereocenters. The Morgan fingerprint density at radius 2 is 1.58 bits per heavy atom. The minimum Gasteiger partial charge on any atom is -0.438 e. The maximum absolute atomic E-state index is 12.3. The number of ketones is 1. The van der Waals surface area contributed by atoms with Gasteiger partial charge in [-0.25, -0.2) is 9.97 Å².